The van der Waals surface area contributed by atoms with Gasteiger partial charge < -0.3 is 10.2 Å². The average molecular weight is 464 g/mol. The SMILES string of the molecule is CCNC(=O)[C@@H](CC)N(Cc1ccc(C)cc1)C(=O)CN(c1ccccc1F)S(C)(=O)=O. The molecule has 0 saturated carbocycles. The molecule has 174 valence electrons. The number of aryl methyl sites for hydroxylation is 1. The zero-order chi connectivity index (χ0) is 23.9. The van der Waals surface area contributed by atoms with Gasteiger partial charge in [0.2, 0.25) is 21.8 Å². The fourth-order valence-corrected chi connectivity index (χ4v) is 4.20. The summed E-state index contributed by atoms with van der Waals surface area (Å²) in [6, 6.07) is 12.1. The van der Waals surface area contributed by atoms with Crippen LogP contribution < -0.4 is 9.62 Å². The number of benzene rings is 2. The summed E-state index contributed by atoms with van der Waals surface area (Å²) < 4.78 is 39.9. The molecule has 7 nitrogen and oxygen atoms in total. The maximum Gasteiger partial charge on any atom is 0.244 e. The van der Waals surface area contributed by atoms with Gasteiger partial charge in [0.1, 0.15) is 18.4 Å². The summed E-state index contributed by atoms with van der Waals surface area (Å²) in [5.41, 5.74) is 1.62. The van der Waals surface area contributed by atoms with Gasteiger partial charge in [-0.15, -0.1) is 0 Å². The van der Waals surface area contributed by atoms with Crippen LogP contribution in [0.25, 0.3) is 0 Å². The number of nitrogens with one attached hydrogen (secondary N) is 1. The van der Waals surface area contributed by atoms with Gasteiger partial charge in [-0.2, -0.15) is 0 Å². The number of halogens is 1. The summed E-state index contributed by atoms with van der Waals surface area (Å²) >= 11 is 0. The number of hydrogen-bond acceptors (Lipinski definition) is 4. The molecule has 0 aromatic heterocycles. The van der Waals surface area contributed by atoms with Crippen molar-refractivity contribution in [3.8, 4) is 0 Å². The number of rotatable bonds is 10. The molecule has 0 radical (unpaired) electrons. The lowest BCUT2D eigenvalue weighted by Gasteiger charge is -2.32. The Kier molecular flexibility index (Phi) is 8.77. The Bertz CT molecular complexity index is 1040. The van der Waals surface area contributed by atoms with Crippen molar-refractivity contribution in [2.24, 2.45) is 0 Å². The van der Waals surface area contributed by atoms with Crippen molar-refractivity contribution in [3.05, 3.63) is 65.5 Å². The van der Waals surface area contributed by atoms with Crippen LogP contribution in [-0.2, 0) is 26.2 Å². The molecular formula is C23H30FN3O4S. The molecule has 0 aliphatic carbocycles. The van der Waals surface area contributed by atoms with Gasteiger partial charge in [0.25, 0.3) is 0 Å². The third-order valence-electron chi connectivity index (χ3n) is 5.01. The summed E-state index contributed by atoms with van der Waals surface area (Å²) in [5.74, 6) is -1.68. The fraction of sp³-hybridized carbons (Fsp3) is 0.391. The molecular weight excluding hydrogens is 433 g/mol. The molecule has 0 aliphatic heterocycles. The number of likely N-dealkylation sites (N-methyl/N-ethyl adjacent to an activating group) is 1. The third-order valence-corrected chi connectivity index (χ3v) is 6.14. The van der Waals surface area contributed by atoms with E-state index in [1.807, 2.05) is 31.2 Å². The van der Waals surface area contributed by atoms with Crippen LogP contribution in [0.15, 0.2) is 48.5 Å². The number of carbonyl (C=O) groups is 2. The van der Waals surface area contributed by atoms with Crippen LogP contribution in [0.5, 0.6) is 0 Å². The van der Waals surface area contributed by atoms with E-state index in [1.165, 1.54) is 23.1 Å². The van der Waals surface area contributed by atoms with E-state index in [4.69, 9.17) is 0 Å². The van der Waals surface area contributed by atoms with E-state index >= 15 is 0 Å². The van der Waals surface area contributed by atoms with Crippen molar-refractivity contribution in [1.29, 1.82) is 0 Å². The molecule has 9 heteroatoms. The maximum absolute atomic E-state index is 14.4. The van der Waals surface area contributed by atoms with Crippen LogP contribution in [0.2, 0.25) is 0 Å². The van der Waals surface area contributed by atoms with Gasteiger partial charge in [-0.3, -0.25) is 13.9 Å². The lowest BCUT2D eigenvalue weighted by atomic mass is 10.1. The minimum Gasteiger partial charge on any atom is -0.355 e. The predicted molar refractivity (Wildman–Crippen MR) is 123 cm³/mol. The van der Waals surface area contributed by atoms with Gasteiger partial charge in [-0.05, 0) is 38.0 Å². The van der Waals surface area contributed by atoms with E-state index < -0.39 is 34.3 Å². The standard InChI is InChI=1S/C23H30FN3O4S/c1-5-20(23(29)25-6-2)26(15-18-13-11-17(3)12-14-18)22(28)16-27(32(4,30)31)21-10-8-7-9-19(21)24/h7-14,20H,5-6,15-16H2,1-4H3,(H,25,29)/t20-/m1/s1. The predicted octanol–water partition coefficient (Wildman–Crippen LogP) is 2.84. The summed E-state index contributed by atoms with van der Waals surface area (Å²) in [7, 11) is -3.97. The highest BCUT2D eigenvalue weighted by atomic mass is 32.2. The average Bonchev–Trinajstić information content (AvgIpc) is 2.73. The summed E-state index contributed by atoms with van der Waals surface area (Å²) in [6.45, 7) is 5.38. The summed E-state index contributed by atoms with van der Waals surface area (Å²) in [6.07, 6.45) is 1.25. The fourth-order valence-electron chi connectivity index (χ4n) is 3.35. The van der Waals surface area contributed by atoms with E-state index in [0.717, 1.165) is 27.8 Å². The Hall–Kier alpha value is -2.94. The van der Waals surface area contributed by atoms with Gasteiger partial charge in [-0.25, -0.2) is 12.8 Å². The topological polar surface area (TPSA) is 86.8 Å². The molecule has 0 fully saturated rings. The van der Waals surface area contributed by atoms with E-state index in [9.17, 15) is 22.4 Å². The Balaban J connectivity index is 2.43. The zero-order valence-electron chi connectivity index (χ0n) is 18.8. The first-order valence-corrected chi connectivity index (χ1v) is 12.3. The van der Waals surface area contributed by atoms with E-state index in [0.29, 0.717) is 13.0 Å². The second-order valence-corrected chi connectivity index (χ2v) is 9.45. The zero-order valence-corrected chi connectivity index (χ0v) is 19.7. The highest BCUT2D eigenvalue weighted by molar-refractivity contribution is 7.92. The van der Waals surface area contributed by atoms with Gasteiger partial charge >= 0.3 is 0 Å². The first kappa shape index (κ1) is 25.3. The van der Waals surface area contributed by atoms with Crippen molar-refractivity contribution < 1.29 is 22.4 Å². The smallest absolute Gasteiger partial charge is 0.244 e. The molecule has 0 bridgehead atoms. The van der Waals surface area contributed by atoms with Gasteiger partial charge in [0.05, 0.1) is 11.9 Å². The van der Waals surface area contributed by atoms with Crippen molar-refractivity contribution in [1.82, 2.24) is 10.2 Å². The van der Waals surface area contributed by atoms with Crippen molar-refractivity contribution >= 4 is 27.5 Å². The minimum atomic E-state index is -3.97. The second kappa shape index (κ2) is 11.1. The van der Waals surface area contributed by atoms with E-state index in [-0.39, 0.29) is 18.1 Å². The Morgan fingerprint density at radius 3 is 2.22 bits per heavy atom. The molecule has 2 aromatic carbocycles. The minimum absolute atomic E-state index is 0.115. The molecule has 0 saturated heterocycles. The first-order chi connectivity index (χ1) is 15.1. The highest BCUT2D eigenvalue weighted by Gasteiger charge is 2.32. The number of carbonyl (C=O) groups excluding carboxylic acids is 2. The lowest BCUT2D eigenvalue weighted by molar-refractivity contribution is -0.140. The highest BCUT2D eigenvalue weighted by Crippen LogP contribution is 2.22. The molecule has 0 aliphatic rings. The number of amides is 2. The van der Waals surface area contributed by atoms with Crippen molar-refractivity contribution in [2.45, 2.75) is 39.8 Å². The number of nitrogens with zero attached hydrogens (tertiary/aromatic N) is 2. The number of para-hydroxylation sites is 1. The van der Waals surface area contributed by atoms with Crippen LogP contribution in [-0.4, -0.2) is 50.5 Å². The van der Waals surface area contributed by atoms with Gasteiger partial charge in [-0.1, -0.05) is 48.9 Å². The Morgan fingerprint density at radius 2 is 1.69 bits per heavy atom. The first-order valence-electron chi connectivity index (χ1n) is 10.4. The molecule has 2 rings (SSSR count). The largest absolute Gasteiger partial charge is 0.355 e. The van der Waals surface area contributed by atoms with Crippen LogP contribution in [0.3, 0.4) is 0 Å². The van der Waals surface area contributed by atoms with Crippen LogP contribution in [0, 0.1) is 12.7 Å². The molecule has 2 amide bonds. The third kappa shape index (κ3) is 6.53. The van der Waals surface area contributed by atoms with Gasteiger partial charge in [0, 0.05) is 13.1 Å². The Labute approximate surface area is 189 Å². The Morgan fingerprint density at radius 1 is 1.06 bits per heavy atom. The molecule has 0 heterocycles. The molecule has 32 heavy (non-hydrogen) atoms. The molecule has 1 atom stereocenters. The summed E-state index contributed by atoms with van der Waals surface area (Å²) in [4.78, 5) is 27.4. The van der Waals surface area contributed by atoms with E-state index in [2.05, 4.69) is 5.32 Å². The quantitative estimate of drug-likeness (QED) is 0.587. The number of anilines is 1. The lowest BCUT2D eigenvalue weighted by Crippen LogP contribution is -2.52. The van der Waals surface area contributed by atoms with Crippen LogP contribution in [0.4, 0.5) is 10.1 Å². The number of hydrogen-bond donors (Lipinski definition) is 1. The monoisotopic (exact) mass is 463 g/mol. The molecule has 0 spiro atoms. The van der Waals surface area contributed by atoms with Gasteiger partial charge in [0.15, 0.2) is 0 Å². The van der Waals surface area contributed by atoms with Crippen LogP contribution in [0.1, 0.15) is 31.4 Å². The molecule has 0 unspecified atom stereocenters. The number of sulfonamides is 1. The van der Waals surface area contributed by atoms with Crippen molar-refractivity contribution in [3.63, 3.8) is 0 Å². The maximum atomic E-state index is 14.4. The van der Waals surface area contributed by atoms with Crippen molar-refractivity contribution in [2.75, 3.05) is 23.7 Å². The van der Waals surface area contributed by atoms with E-state index in [1.54, 1.807) is 13.8 Å². The summed E-state index contributed by atoms with van der Waals surface area (Å²) in [5, 5.41) is 2.73. The second-order valence-electron chi connectivity index (χ2n) is 7.55. The molecule has 2 aromatic rings. The van der Waals surface area contributed by atoms with Crippen LogP contribution >= 0.6 is 0 Å². The molecule has 1 N–H and O–H groups in total. The normalized spacial score (nSPS) is 12.2.